The molecule has 0 saturated heterocycles. The van der Waals surface area contributed by atoms with E-state index in [0.29, 0.717) is 12.5 Å². The number of nitrogens with one attached hydrogen (secondary N) is 2. The lowest BCUT2D eigenvalue weighted by Crippen LogP contribution is -2.31. The summed E-state index contributed by atoms with van der Waals surface area (Å²) in [5.74, 6) is 1.19. The summed E-state index contributed by atoms with van der Waals surface area (Å²) in [6, 6.07) is 13.8. The highest BCUT2D eigenvalue weighted by atomic mass is 16.5. The van der Waals surface area contributed by atoms with Gasteiger partial charge in [-0.05, 0) is 48.1 Å². The first-order valence-corrected chi connectivity index (χ1v) is 8.28. The molecule has 0 bridgehead atoms. The Balaban J connectivity index is 1.92. The van der Waals surface area contributed by atoms with Crippen molar-refractivity contribution in [3.05, 3.63) is 59.2 Å². The molecule has 0 atom stereocenters. The molecule has 0 aliphatic heterocycles. The van der Waals surface area contributed by atoms with Crippen molar-refractivity contribution in [2.24, 2.45) is 0 Å². The molecule has 2 aromatic carbocycles. The van der Waals surface area contributed by atoms with Crippen molar-refractivity contribution in [1.29, 1.82) is 0 Å². The van der Waals surface area contributed by atoms with Gasteiger partial charge in [0.2, 0.25) is 0 Å². The Hall–Kier alpha value is -2.49. The van der Waals surface area contributed by atoms with Crippen LogP contribution in [0, 0.1) is 6.92 Å². The number of methoxy groups -OCH3 is 1. The molecule has 0 unspecified atom stereocenters. The summed E-state index contributed by atoms with van der Waals surface area (Å²) >= 11 is 0. The number of amides is 2. The maximum absolute atomic E-state index is 12.2. The van der Waals surface area contributed by atoms with E-state index in [2.05, 4.69) is 30.5 Å². The predicted molar refractivity (Wildman–Crippen MR) is 99.0 cm³/mol. The van der Waals surface area contributed by atoms with Crippen molar-refractivity contribution < 1.29 is 9.53 Å². The van der Waals surface area contributed by atoms with Crippen molar-refractivity contribution in [2.45, 2.75) is 33.1 Å². The maximum Gasteiger partial charge on any atom is 0.319 e. The summed E-state index contributed by atoms with van der Waals surface area (Å²) in [6.07, 6.45) is 0.759. The van der Waals surface area contributed by atoms with E-state index in [1.165, 1.54) is 0 Å². The Kier molecular flexibility index (Phi) is 6.24. The number of rotatable bonds is 6. The summed E-state index contributed by atoms with van der Waals surface area (Å²) in [5.41, 5.74) is 4.27. The Morgan fingerprint density at radius 1 is 1.17 bits per heavy atom. The molecule has 4 nitrogen and oxygen atoms in total. The molecule has 0 heterocycles. The smallest absolute Gasteiger partial charge is 0.319 e. The van der Waals surface area contributed by atoms with Crippen LogP contribution in [-0.4, -0.2) is 19.7 Å². The van der Waals surface area contributed by atoms with Crippen LogP contribution in [0.5, 0.6) is 5.75 Å². The van der Waals surface area contributed by atoms with Crippen molar-refractivity contribution in [2.75, 3.05) is 19.0 Å². The van der Waals surface area contributed by atoms with Gasteiger partial charge in [0.25, 0.3) is 0 Å². The fraction of sp³-hybridized carbons (Fsp3) is 0.350. The molecule has 0 aromatic heterocycles. The van der Waals surface area contributed by atoms with E-state index >= 15 is 0 Å². The molecule has 2 amide bonds. The van der Waals surface area contributed by atoms with Crippen LogP contribution in [0.2, 0.25) is 0 Å². The second kappa shape index (κ2) is 8.39. The topological polar surface area (TPSA) is 50.4 Å². The minimum absolute atomic E-state index is 0.172. The second-order valence-corrected chi connectivity index (χ2v) is 6.18. The van der Waals surface area contributed by atoms with E-state index in [-0.39, 0.29) is 6.03 Å². The van der Waals surface area contributed by atoms with Gasteiger partial charge >= 0.3 is 6.03 Å². The standard InChI is InChI=1S/C20H26N2O2/c1-14(2)18-10-5-7-15(3)19(18)22-20(23)21-12-11-16-8-6-9-17(13-16)24-4/h5-10,13-14H,11-12H2,1-4H3,(H2,21,22,23). The Bertz CT molecular complexity index is 696. The van der Waals surface area contributed by atoms with Gasteiger partial charge in [0.15, 0.2) is 0 Å². The first kappa shape index (κ1) is 17.9. The fourth-order valence-electron chi connectivity index (χ4n) is 2.65. The third-order valence-corrected chi connectivity index (χ3v) is 4.00. The molecule has 0 saturated carbocycles. The van der Waals surface area contributed by atoms with Gasteiger partial charge < -0.3 is 15.4 Å². The number of anilines is 1. The fourth-order valence-corrected chi connectivity index (χ4v) is 2.65. The number of hydrogen-bond donors (Lipinski definition) is 2. The molecular weight excluding hydrogens is 300 g/mol. The van der Waals surface area contributed by atoms with Gasteiger partial charge in [-0.2, -0.15) is 0 Å². The van der Waals surface area contributed by atoms with Gasteiger partial charge in [0.1, 0.15) is 5.75 Å². The number of benzene rings is 2. The first-order valence-electron chi connectivity index (χ1n) is 8.28. The van der Waals surface area contributed by atoms with Crippen LogP contribution in [0.15, 0.2) is 42.5 Å². The molecule has 2 aromatic rings. The quantitative estimate of drug-likeness (QED) is 0.821. The van der Waals surface area contributed by atoms with Crippen LogP contribution in [-0.2, 0) is 6.42 Å². The van der Waals surface area contributed by atoms with Crippen LogP contribution < -0.4 is 15.4 Å². The molecule has 0 spiro atoms. The Morgan fingerprint density at radius 2 is 1.92 bits per heavy atom. The van der Waals surface area contributed by atoms with Gasteiger partial charge in [-0.3, -0.25) is 0 Å². The predicted octanol–water partition coefficient (Wildman–Crippen LogP) is 4.49. The zero-order valence-electron chi connectivity index (χ0n) is 14.8. The van der Waals surface area contributed by atoms with Crippen LogP contribution in [0.4, 0.5) is 10.5 Å². The number of ether oxygens (including phenoxy) is 1. The molecule has 24 heavy (non-hydrogen) atoms. The molecule has 0 fully saturated rings. The van der Waals surface area contributed by atoms with Crippen molar-refractivity contribution >= 4 is 11.7 Å². The van der Waals surface area contributed by atoms with Crippen LogP contribution in [0.3, 0.4) is 0 Å². The van der Waals surface area contributed by atoms with Crippen molar-refractivity contribution in [1.82, 2.24) is 5.32 Å². The highest BCUT2D eigenvalue weighted by molar-refractivity contribution is 5.91. The summed E-state index contributed by atoms with van der Waals surface area (Å²) < 4.78 is 5.21. The van der Waals surface area contributed by atoms with Gasteiger partial charge in [0.05, 0.1) is 7.11 Å². The highest BCUT2D eigenvalue weighted by Gasteiger charge is 2.11. The number of carbonyl (C=O) groups is 1. The van der Waals surface area contributed by atoms with Gasteiger partial charge in [-0.1, -0.05) is 44.2 Å². The van der Waals surface area contributed by atoms with E-state index < -0.39 is 0 Å². The second-order valence-electron chi connectivity index (χ2n) is 6.18. The number of aryl methyl sites for hydroxylation is 1. The summed E-state index contributed by atoms with van der Waals surface area (Å²) in [4.78, 5) is 12.2. The van der Waals surface area contributed by atoms with Crippen LogP contribution >= 0.6 is 0 Å². The lowest BCUT2D eigenvalue weighted by atomic mass is 9.98. The Labute approximate surface area is 144 Å². The largest absolute Gasteiger partial charge is 0.497 e. The number of para-hydroxylation sites is 1. The van der Waals surface area contributed by atoms with Crippen molar-refractivity contribution in [3.63, 3.8) is 0 Å². The summed E-state index contributed by atoms with van der Waals surface area (Å²) in [7, 11) is 1.65. The summed E-state index contributed by atoms with van der Waals surface area (Å²) in [5, 5.41) is 5.91. The molecule has 0 aliphatic carbocycles. The van der Waals surface area contributed by atoms with Gasteiger partial charge in [-0.15, -0.1) is 0 Å². The Morgan fingerprint density at radius 3 is 2.62 bits per heavy atom. The van der Waals surface area contributed by atoms with Gasteiger partial charge in [-0.25, -0.2) is 4.79 Å². The molecular formula is C20H26N2O2. The summed E-state index contributed by atoms with van der Waals surface area (Å²) in [6.45, 7) is 6.83. The number of urea groups is 1. The minimum atomic E-state index is -0.172. The van der Waals surface area contributed by atoms with E-state index in [4.69, 9.17) is 4.74 Å². The monoisotopic (exact) mass is 326 g/mol. The molecule has 128 valence electrons. The van der Waals surface area contributed by atoms with Gasteiger partial charge in [0, 0.05) is 12.2 Å². The highest BCUT2D eigenvalue weighted by Crippen LogP contribution is 2.27. The number of hydrogen-bond acceptors (Lipinski definition) is 2. The molecule has 0 aliphatic rings. The molecule has 2 N–H and O–H groups in total. The third-order valence-electron chi connectivity index (χ3n) is 4.00. The lowest BCUT2D eigenvalue weighted by molar-refractivity contribution is 0.252. The molecule has 4 heteroatoms. The zero-order chi connectivity index (χ0) is 17.5. The van der Waals surface area contributed by atoms with Crippen LogP contribution in [0.25, 0.3) is 0 Å². The minimum Gasteiger partial charge on any atom is -0.497 e. The van der Waals surface area contributed by atoms with E-state index in [0.717, 1.165) is 34.5 Å². The lowest BCUT2D eigenvalue weighted by Gasteiger charge is -2.16. The van der Waals surface area contributed by atoms with E-state index in [9.17, 15) is 4.79 Å². The average molecular weight is 326 g/mol. The molecule has 0 radical (unpaired) electrons. The molecule has 2 rings (SSSR count). The van der Waals surface area contributed by atoms with E-state index in [1.54, 1.807) is 7.11 Å². The normalized spacial score (nSPS) is 10.5. The van der Waals surface area contributed by atoms with E-state index in [1.807, 2.05) is 43.3 Å². The van der Waals surface area contributed by atoms with Crippen LogP contribution in [0.1, 0.15) is 36.5 Å². The average Bonchev–Trinajstić information content (AvgIpc) is 2.56. The van der Waals surface area contributed by atoms with Crippen molar-refractivity contribution in [3.8, 4) is 5.75 Å². The third kappa shape index (κ3) is 4.75. The maximum atomic E-state index is 12.2. The number of carbonyl (C=O) groups excluding carboxylic acids is 1. The first-order chi connectivity index (χ1) is 11.5. The SMILES string of the molecule is COc1cccc(CCNC(=O)Nc2c(C)cccc2C(C)C)c1. The zero-order valence-corrected chi connectivity index (χ0v) is 14.8.